The highest BCUT2D eigenvalue weighted by Gasteiger charge is 2.11. The third kappa shape index (κ3) is 2.52. The van der Waals surface area contributed by atoms with Crippen LogP contribution in [0.3, 0.4) is 0 Å². The summed E-state index contributed by atoms with van der Waals surface area (Å²) in [5.74, 6) is -1.88. The zero-order valence-corrected chi connectivity index (χ0v) is 9.94. The van der Waals surface area contributed by atoms with Crippen LogP contribution in [0.1, 0.15) is 9.88 Å². The molecule has 0 amide bonds. The van der Waals surface area contributed by atoms with Gasteiger partial charge < -0.3 is 11.1 Å². The van der Waals surface area contributed by atoms with Gasteiger partial charge in [0.1, 0.15) is 5.01 Å². The number of nitrogen functional groups attached to an aromatic ring is 1. The number of hydrogen-bond donors (Lipinski definition) is 2. The fraction of sp³-hybridized carbons (Fsp3) is 0.182. The minimum atomic E-state index is -0.960. The summed E-state index contributed by atoms with van der Waals surface area (Å²) in [7, 11) is 0. The van der Waals surface area contributed by atoms with Gasteiger partial charge in [0.05, 0.1) is 17.9 Å². The lowest BCUT2D eigenvalue weighted by atomic mass is 10.2. The largest absolute Gasteiger partial charge is 0.397 e. The van der Waals surface area contributed by atoms with E-state index in [0.717, 1.165) is 16.0 Å². The molecule has 2 aromatic rings. The Morgan fingerprint density at radius 2 is 2.18 bits per heavy atom. The topological polar surface area (TPSA) is 50.9 Å². The summed E-state index contributed by atoms with van der Waals surface area (Å²) in [4.78, 5) is 5.18. The van der Waals surface area contributed by atoms with Crippen LogP contribution in [0.2, 0.25) is 0 Å². The molecule has 0 fully saturated rings. The average molecular weight is 255 g/mol. The second kappa shape index (κ2) is 4.67. The molecule has 17 heavy (non-hydrogen) atoms. The number of hydrogen-bond acceptors (Lipinski definition) is 4. The molecule has 0 bridgehead atoms. The summed E-state index contributed by atoms with van der Waals surface area (Å²) in [6, 6.07) is 2.33. The van der Waals surface area contributed by atoms with Crippen molar-refractivity contribution in [1.82, 2.24) is 4.98 Å². The smallest absolute Gasteiger partial charge is 0.183 e. The van der Waals surface area contributed by atoms with Crippen molar-refractivity contribution in [3.05, 3.63) is 39.8 Å². The Balaban J connectivity index is 2.16. The highest BCUT2D eigenvalue weighted by Crippen LogP contribution is 2.25. The highest BCUT2D eigenvalue weighted by molar-refractivity contribution is 7.11. The third-order valence-corrected chi connectivity index (χ3v) is 3.13. The van der Waals surface area contributed by atoms with Crippen LogP contribution in [-0.4, -0.2) is 4.98 Å². The first-order chi connectivity index (χ1) is 8.08. The van der Waals surface area contributed by atoms with Gasteiger partial charge in [-0.25, -0.2) is 13.8 Å². The number of benzene rings is 1. The van der Waals surface area contributed by atoms with Crippen molar-refractivity contribution in [2.24, 2.45) is 0 Å². The van der Waals surface area contributed by atoms with Crippen LogP contribution < -0.4 is 11.1 Å². The van der Waals surface area contributed by atoms with Crippen LogP contribution in [0.4, 0.5) is 20.2 Å². The molecule has 0 radical (unpaired) electrons. The van der Waals surface area contributed by atoms with E-state index in [1.165, 1.54) is 17.4 Å². The molecule has 1 heterocycles. The number of halogens is 2. The van der Waals surface area contributed by atoms with Gasteiger partial charge in [-0.1, -0.05) is 0 Å². The van der Waals surface area contributed by atoms with Crippen molar-refractivity contribution in [2.45, 2.75) is 13.5 Å². The molecule has 0 aliphatic carbocycles. The van der Waals surface area contributed by atoms with Gasteiger partial charge in [-0.3, -0.25) is 0 Å². The van der Waals surface area contributed by atoms with Crippen molar-refractivity contribution >= 4 is 22.7 Å². The first-order valence-electron chi connectivity index (χ1n) is 4.96. The lowest BCUT2D eigenvalue weighted by molar-refractivity contribution is 0.511. The molecule has 3 nitrogen and oxygen atoms in total. The number of nitrogens with one attached hydrogen (secondary N) is 1. The molecular formula is C11H11F2N3S. The van der Waals surface area contributed by atoms with Crippen LogP contribution in [0.25, 0.3) is 0 Å². The standard InChI is InChI=1S/C11H11F2N3S/c1-6-4-15-9(17-6)5-16-11-8(14)3-2-7(12)10(11)13/h2-4,16H,5,14H2,1H3. The summed E-state index contributed by atoms with van der Waals surface area (Å²) in [6.45, 7) is 2.25. The van der Waals surface area contributed by atoms with Crippen LogP contribution >= 0.6 is 11.3 Å². The average Bonchev–Trinajstić information content (AvgIpc) is 2.70. The van der Waals surface area contributed by atoms with Crippen molar-refractivity contribution in [2.75, 3.05) is 11.1 Å². The highest BCUT2D eigenvalue weighted by atomic mass is 32.1. The Labute approximate surface area is 101 Å². The maximum atomic E-state index is 13.4. The van der Waals surface area contributed by atoms with E-state index in [2.05, 4.69) is 10.3 Å². The quantitative estimate of drug-likeness (QED) is 0.829. The van der Waals surface area contributed by atoms with Crippen LogP contribution in [0.5, 0.6) is 0 Å². The number of aryl methyl sites for hydroxylation is 1. The summed E-state index contributed by atoms with van der Waals surface area (Å²) in [5, 5.41) is 3.56. The molecule has 1 aromatic carbocycles. The molecule has 0 spiro atoms. The Kier molecular flexibility index (Phi) is 3.23. The molecule has 0 aliphatic rings. The van der Waals surface area contributed by atoms with E-state index in [0.29, 0.717) is 6.54 Å². The predicted octanol–water partition coefficient (Wildman–Crippen LogP) is 2.92. The number of anilines is 2. The van der Waals surface area contributed by atoms with Crippen LogP contribution in [0.15, 0.2) is 18.3 Å². The van der Waals surface area contributed by atoms with E-state index in [9.17, 15) is 8.78 Å². The molecule has 0 unspecified atom stereocenters. The molecule has 90 valence electrons. The van der Waals surface area contributed by atoms with Crippen molar-refractivity contribution < 1.29 is 8.78 Å². The summed E-state index contributed by atoms with van der Waals surface area (Å²) >= 11 is 1.49. The molecule has 0 saturated carbocycles. The first-order valence-corrected chi connectivity index (χ1v) is 5.78. The van der Waals surface area contributed by atoms with Gasteiger partial charge in [-0.15, -0.1) is 11.3 Å². The lowest BCUT2D eigenvalue weighted by Crippen LogP contribution is -2.05. The maximum absolute atomic E-state index is 13.4. The van der Waals surface area contributed by atoms with Gasteiger partial charge in [0.25, 0.3) is 0 Å². The number of nitrogens with two attached hydrogens (primary N) is 1. The molecule has 2 rings (SSSR count). The lowest BCUT2D eigenvalue weighted by Gasteiger charge is -2.09. The van der Waals surface area contributed by atoms with Gasteiger partial charge >= 0.3 is 0 Å². The number of nitrogens with zero attached hydrogens (tertiary/aromatic N) is 1. The van der Waals surface area contributed by atoms with Gasteiger partial charge in [0.15, 0.2) is 11.6 Å². The molecule has 0 atom stereocenters. The summed E-state index contributed by atoms with van der Waals surface area (Å²) in [5.41, 5.74) is 5.74. The minimum absolute atomic E-state index is 0.0159. The minimum Gasteiger partial charge on any atom is -0.397 e. The van der Waals surface area contributed by atoms with E-state index in [1.807, 2.05) is 6.92 Å². The Morgan fingerprint density at radius 1 is 1.41 bits per heavy atom. The van der Waals surface area contributed by atoms with Gasteiger partial charge in [0.2, 0.25) is 0 Å². The van der Waals surface area contributed by atoms with E-state index in [1.54, 1.807) is 6.20 Å². The van der Waals surface area contributed by atoms with Crippen LogP contribution in [0, 0.1) is 18.6 Å². The predicted molar refractivity (Wildman–Crippen MR) is 64.9 cm³/mol. The third-order valence-electron chi connectivity index (χ3n) is 2.21. The van der Waals surface area contributed by atoms with E-state index < -0.39 is 11.6 Å². The second-order valence-corrected chi connectivity index (χ2v) is 4.86. The number of rotatable bonds is 3. The monoisotopic (exact) mass is 255 g/mol. The zero-order chi connectivity index (χ0) is 12.4. The van der Waals surface area contributed by atoms with E-state index >= 15 is 0 Å². The Bertz CT molecular complexity index is 540. The van der Waals surface area contributed by atoms with Crippen LogP contribution in [-0.2, 0) is 6.54 Å². The maximum Gasteiger partial charge on any atom is 0.183 e. The van der Waals surface area contributed by atoms with Crippen molar-refractivity contribution in [3.8, 4) is 0 Å². The fourth-order valence-corrected chi connectivity index (χ4v) is 2.12. The molecule has 0 saturated heterocycles. The van der Waals surface area contributed by atoms with Gasteiger partial charge in [-0.05, 0) is 19.1 Å². The Morgan fingerprint density at radius 3 is 2.82 bits per heavy atom. The second-order valence-electron chi connectivity index (χ2n) is 3.54. The molecule has 1 aromatic heterocycles. The SMILES string of the molecule is Cc1cnc(CNc2c(N)ccc(F)c2F)s1. The van der Waals surface area contributed by atoms with Crippen molar-refractivity contribution in [1.29, 1.82) is 0 Å². The molecular weight excluding hydrogens is 244 g/mol. The summed E-state index contributed by atoms with van der Waals surface area (Å²) < 4.78 is 26.4. The molecule has 3 N–H and O–H groups in total. The summed E-state index contributed by atoms with van der Waals surface area (Å²) in [6.07, 6.45) is 1.73. The number of thiazole rings is 1. The number of aromatic nitrogens is 1. The van der Waals surface area contributed by atoms with E-state index in [4.69, 9.17) is 5.73 Å². The van der Waals surface area contributed by atoms with Gasteiger partial charge in [-0.2, -0.15) is 0 Å². The normalized spacial score (nSPS) is 10.5. The molecule has 0 aliphatic heterocycles. The Hall–Kier alpha value is -1.69. The van der Waals surface area contributed by atoms with E-state index in [-0.39, 0.29) is 11.4 Å². The zero-order valence-electron chi connectivity index (χ0n) is 9.13. The fourth-order valence-electron chi connectivity index (χ4n) is 1.39. The first kappa shape index (κ1) is 11.8. The van der Waals surface area contributed by atoms with Crippen molar-refractivity contribution in [3.63, 3.8) is 0 Å². The van der Waals surface area contributed by atoms with Gasteiger partial charge in [0, 0.05) is 11.1 Å². The molecule has 6 heteroatoms.